The lowest BCUT2D eigenvalue weighted by Crippen LogP contribution is -2.04. The monoisotopic (exact) mass is 299 g/mol. The first-order valence-corrected chi connectivity index (χ1v) is 5.72. The van der Waals surface area contributed by atoms with E-state index in [0.717, 1.165) is 6.20 Å². The number of nitrogens with zero attached hydrogens (tertiary/aromatic N) is 3. The maximum Gasteiger partial charge on any atom is 0.329 e. The molecule has 2 rings (SSSR count). The highest BCUT2D eigenvalue weighted by molar-refractivity contribution is 6.43. The summed E-state index contributed by atoms with van der Waals surface area (Å²) in [6, 6.07) is 4.85. The molecule has 0 saturated carbocycles. The standard InChI is InChI=1S/C10H7Cl2N5O2/c11-5-2-1-3-6(8(5)12)15-9-7(17(18)19)4-14-10(13)16-9/h1-4H,(H3,13,14,15,16). The molecule has 1 aromatic carbocycles. The third kappa shape index (κ3) is 2.83. The van der Waals surface area contributed by atoms with Crippen molar-refractivity contribution in [1.29, 1.82) is 0 Å². The van der Waals surface area contributed by atoms with Crippen molar-refractivity contribution in [3.63, 3.8) is 0 Å². The molecule has 2 aromatic rings. The van der Waals surface area contributed by atoms with Crippen LogP contribution in [0.5, 0.6) is 0 Å². The zero-order valence-electron chi connectivity index (χ0n) is 9.30. The van der Waals surface area contributed by atoms with E-state index in [1.165, 1.54) is 0 Å². The van der Waals surface area contributed by atoms with Gasteiger partial charge in [0.25, 0.3) is 0 Å². The van der Waals surface area contributed by atoms with Gasteiger partial charge < -0.3 is 11.1 Å². The van der Waals surface area contributed by atoms with Gasteiger partial charge in [-0.3, -0.25) is 10.1 Å². The fraction of sp³-hybridized carbons (Fsp3) is 0. The van der Waals surface area contributed by atoms with E-state index in [1.54, 1.807) is 18.2 Å². The third-order valence-corrected chi connectivity index (χ3v) is 3.01. The fourth-order valence-corrected chi connectivity index (χ4v) is 1.69. The molecule has 19 heavy (non-hydrogen) atoms. The topological polar surface area (TPSA) is 107 Å². The van der Waals surface area contributed by atoms with Crippen molar-refractivity contribution >= 4 is 46.3 Å². The van der Waals surface area contributed by atoms with E-state index in [2.05, 4.69) is 15.3 Å². The van der Waals surface area contributed by atoms with Crippen LogP contribution in [0.25, 0.3) is 0 Å². The molecular weight excluding hydrogens is 293 g/mol. The number of anilines is 3. The number of nitrogens with two attached hydrogens (primary N) is 1. The number of nitrogen functional groups attached to an aromatic ring is 1. The molecule has 0 atom stereocenters. The van der Waals surface area contributed by atoms with E-state index < -0.39 is 4.92 Å². The van der Waals surface area contributed by atoms with Crippen molar-refractivity contribution in [2.24, 2.45) is 0 Å². The molecule has 0 fully saturated rings. The van der Waals surface area contributed by atoms with Crippen LogP contribution in [-0.2, 0) is 0 Å². The lowest BCUT2D eigenvalue weighted by atomic mass is 10.3. The SMILES string of the molecule is Nc1ncc([N+](=O)[O-])c(Nc2cccc(Cl)c2Cl)n1. The lowest BCUT2D eigenvalue weighted by molar-refractivity contribution is -0.384. The van der Waals surface area contributed by atoms with Crippen molar-refractivity contribution in [2.45, 2.75) is 0 Å². The number of aromatic nitrogens is 2. The first-order valence-electron chi connectivity index (χ1n) is 4.97. The van der Waals surface area contributed by atoms with Gasteiger partial charge in [-0.25, -0.2) is 4.98 Å². The number of benzene rings is 1. The van der Waals surface area contributed by atoms with Crippen LogP contribution in [0.3, 0.4) is 0 Å². The zero-order chi connectivity index (χ0) is 14.0. The second-order valence-corrected chi connectivity index (χ2v) is 4.23. The molecule has 98 valence electrons. The summed E-state index contributed by atoms with van der Waals surface area (Å²) in [5.74, 6) is -0.145. The van der Waals surface area contributed by atoms with Gasteiger partial charge in [-0.05, 0) is 12.1 Å². The maximum absolute atomic E-state index is 10.9. The summed E-state index contributed by atoms with van der Waals surface area (Å²) < 4.78 is 0. The number of hydrogen-bond acceptors (Lipinski definition) is 6. The van der Waals surface area contributed by atoms with Crippen molar-refractivity contribution in [2.75, 3.05) is 11.1 Å². The Bertz CT molecular complexity index is 650. The van der Waals surface area contributed by atoms with Gasteiger partial charge in [0.2, 0.25) is 11.8 Å². The third-order valence-electron chi connectivity index (χ3n) is 2.19. The van der Waals surface area contributed by atoms with Gasteiger partial charge in [0.15, 0.2) is 0 Å². The van der Waals surface area contributed by atoms with Gasteiger partial charge in [0.05, 0.1) is 20.7 Å². The van der Waals surface area contributed by atoms with E-state index in [9.17, 15) is 10.1 Å². The van der Waals surface area contributed by atoms with E-state index in [1.807, 2.05) is 0 Å². The van der Waals surface area contributed by atoms with E-state index in [-0.39, 0.29) is 22.5 Å². The van der Waals surface area contributed by atoms with Gasteiger partial charge in [-0.15, -0.1) is 0 Å². The predicted octanol–water partition coefficient (Wildman–Crippen LogP) is 3.02. The van der Waals surface area contributed by atoms with Crippen LogP contribution in [0.2, 0.25) is 10.0 Å². The first-order chi connectivity index (χ1) is 8.99. The van der Waals surface area contributed by atoms with Gasteiger partial charge in [-0.2, -0.15) is 4.98 Å². The molecule has 0 aliphatic carbocycles. The molecule has 0 saturated heterocycles. The van der Waals surface area contributed by atoms with Crippen LogP contribution in [-0.4, -0.2) is 14.9 Å². The number of hydrogen-bond donors (Lipinski definition) is 2. The Morgan fingerprint density at radius 3 is 2.79 bits per heavy atom. The molecule has 3 N–H and O–H groups in total. The fourth-order valence-electron chi connectivity index (χ4n) is 1.34. The Hall–Kier alpha value is -2.12. The Balaban J connectivity index is 2.45. The molecule has 9 heteroatoms. The van der Waals surface area contributed by atoms with Gasteiger partial charge in [0.1, 0.15) is 6.20 Å². The van der Waals surface area contributed by atoms with Crippen LogP contribution in [0.4, 0.5) is 23.1 Å². The molecule has 0 unspecified atom stereocenters. The molecule has 0 bridgehead atoms. The second-order valence-electron chi connectivity index (χ2n) is 3.45. The Morgan fingerprint density at radius 1 is 1.37 bits per heavy atom. The molecule has 0 radical (unpaired) electrons. The summed E-state index contributed by atoms with van der Waals surface area (Å²) in [4.78, 5) is 17.6. The molecule has 0 spiro atoms. The van der Waals surface area contributed by atoms with Crippen LogP contribution < -0.4 is 11.1 Å². The summed E-state index contributed by atoms with van der Waals surface area (Å²) in [6.45, 7) is 0. The number of rotatable bonds is 3. The van der Waals surface area contributed by atoms with Crippen LogP contribution in [0.15, 0.2) is 24.4 Å². The predicted molar refractivity (Wildman–Crippen MR) is 72.8 cm³/mol. The number of nitro groups is 1. The zero-order valence-corrected chi connectivity index (χ0v) is 10.8. The average molecular weight is 300 g/mol. The molecular formula is C10H7Cl2N5O2. The minimum absolute atomic E-state index is 0.0540. The van der Waals surface area contributed by atoms with Gasteiger partial charge in [-0.1, -0.05) is 29.3 Å². The van der Waals surface area contributed by atoms with Crippen molar-refractivity contribution in [3.05, 3.63) is 44.6 Å². The largest absolute Gasteiger partial charge is 0.368 e. The summed E-state index contributed by atoms with van der Waals surface area (Å²) in [6.07, 6.45) is 1.02. The minimum atomic E-state index is -0.625. The highest BCUT2D eigenvalue weighted by Crippen LogP contribution is 2.33. The highest BCUT2D eigenvalue weighted by atomic mass is 35.5. The van der Waals surface area contributed by atoms with Crippen molar-refractivity contribution < 1.29 is 4.92 Å². The quantitative estimate of drug-likeness (QED) is 0.666. The highest BCUT2D eigenvalue weighted by Gasteiger charge is 2.18. The molecule has 7 nitrogen and oxygen atoms in total. The number of nitrogens with one attached hydrogen (secondary N) is 1. The van der Waals surface area contributed by atoms with Crippen LogP contribution in [0, 0.1) is 10.1 Å². The summed E-state index contributed by atoms with van der Waals surface area (Å²) >= 11 is 11.8. The molecule has 0 aliphatic rings. The van der Waals surface area contributed by atoms with Crippen molar-refractivity contribution in [1.82, 2.24) is 9.97 Å². The maximum atomic E-state index is 10.9. The second kappa shape index (κ2) is 5.25. The van der Waals surface area contributed by atoms with E-state index >= 15 is 0 Å². The van der Waals surface area contributed by atoms with Crippen LogP contribution in [0.1, 0.15) is 0 Å². The minimum Gasteiger partial charge on any atom is -0.368 e. The van der Waals surface area contributed by atoms with Gasteiger partial charge >= 0.3 is 5.69 Å². The molecule has 0 amide bonds. The average Bonchev–Trinajstić information content (AvgIpc) is 2.35. The van der Waals surface area contributed by atoms with Crippen molar-refractivity contribution in [3.8, 4) is 0 Å². The Labute approximate surface area is 117 Å². The molecule has 1 heterocycles. The first kappa shape index (κ1) is 13.3. The van der Waals surface area contributed by atoms with E-state index in [0.29, 0.717) is 10.7 Å². The Morgan fingerprint density at radius 2 is 2.11 bits per heavy atom. The number of halogens is 2. The summed E-state index contributed by atoms with van der Waals surface area (Å²) in [5, 5.41) is 14.1. The van der Waals surface area contributed by atoms with Crippen LogP contribution >= 0.6 is 23.2 Å². The summed E-state index contributed by atoms with van der Waals surface area (Å²) in [5.41, 5.74) is 5.48. The Kier molecular flexibility index (Phi) is 3.68. The van der Waals surface area contributed by atoms with E-state index in [4.69, 9.17) is 28.9 Å². The van der Waals surface area contributed by atoms with Gasteiger partial charge in [0, 0.05) is 0 Å². The summed E-state index contributed by atoms with van der Waals surface area (Å²) in [7, 11) is 0. The lowest BCUT2D eigenvalue weighted by Gasteiger charge is -2.08. The smallest absolute Gasteiger partial charge is 0.329 e. The normalized spacial score (nSPS) is 10.2. The molecule has 1 aromatic heterocycles. The molecule has 0 aliphatic heterocycles.